The highest BCUT2D eigenvalue weighted by Gasteiger charge is 2.23. The summed E-state index contributed by atoms with van der Waals surface area (Å²) in [7, 11) is 0. The van der Waals surface area contributed by atoms with Crippen LogP contribution in [0.15, 0.2) is 18.5 Å². The number of piperidine rings is 1. The maximum atomic E-state index is 5.82. The smallest absolute Gasteiger partial charge is 0.227 e. The van der Waals surface area contributed by atoms with Crippen molar-refractivity contribution in [2.24, 2.45) is 0 Å². The fraction of sp³-hybridized carbons (Fsp3) is 0.579. The molecule has 0 spiro atoms. The van der Waals surface area contributed by atoms with Crippen molar-refractivity contribution in [3.8, 4) is 11.3 Å². The van der Waals surface area contributed by atoms with Gasteiger partial charge in [0.05, 0.1) is 18.4 Å². The summed E-state index contributed by atoms with van der Waals surface area (Å²) < 4.78 is 5.82. The molecule has 0 bridgehead atoms. The lowest BCUT2D eigenvalue weighted by Crippen LogP contribution is -2.43. The lowest BCUT2D eigenvalue weighted by molar-refractivity contribution is 0.0381. The molecule has 0 aliphatic carbocycles. The van der Waals surface area contributed by atoms with Crippen LogP contribution in [-0.2, 0) is 4.74 Å². The molecule has 0 aromatic carbocycles. The fourth-order valence-corrected chi connectivity index (χ4v) is 3.61. The van der Waals surface area contributed by atoms with Crippen LogP contribution in [0.25, 0.3) is 11.3 Å². The lowest BCUT2D eigenvalue weighted by Gasteiger charge is -2.34. The zero-order chi connectivity index (χ0) is 18.6. The van der Waals surface area contributed by atoms with Gasteiger partial charge in [-0.25, -0.2) is 15.0 Å². The van der Waals surface area contributed by atoms with E-state index in [0.29, 0.717) is 0 Å². The minimum absolute atomic E-state index is 0.246. The fourth-order valence-electron chi connectivity index (χ4n) is 3.61. The van der Waals surface area contributed by atoms with Crippen LogP contribution >= 0.6 is 0 Å². The number of nitrogens with zero attached hydrogens (tertiary/aromatic N) is 6. The molecule has 144 valence electrons. The molecule has 2 aromatic rings. The molecule has 4 heterocycles. The van der Waals surface area contributed by atoms with Gasteiger partial charge in [-0.05, 0) is 25.7 Å². The molecule has 0 unspecified atom stereocenters. The van der Waals surface area contributed by atoms with Crippen LogP contribution in [0.1, 0.15) is 32.6 Å². The van der Waals surface area contributed by atoms with Gasteiger partial charge in [-0.2, -0.15) is 4.98 Å². The Morgan fingerprint density at radius 1 is 1.07 bits per heavy atom. The van der Waals surface area contributed by atoms with E-state index in [2.05, 4.69) is 26.7 Å². The molecule has 2 N–H and O–H groups in total. The number of rotatable bonds is 4. The number of nitrogens with two attached hydrogens (primary N) is 1. The minimum Gasteiger partial charge on any atom is -0.375 e. The summed E-state index contributed by atoms with van der Waals surface area (Å²) in [6.07, 6.45) is 8.34. The molecule has 0 saturated carbocycles. The molecule has 8 nitrogen and oxygen atoms in total. The van der Waals surface area contributed by atoms with Crippen LogP contribution in [0, 0.1) is 0 Å². The van der Waals surface area contributed by atoms with E-state index < -0.39 is 0 Å². The summed E-state index contributed by atoms with van der Waals surface area (Å²) in [6, 6.07) is 2.03. The maximum Gasteiger partial charge on any atom is 0.227 e. The first-order valence-corrected chi connectivity index (χ1v) is 9.81. The Balaban J connectivity index is 1.70. The van der Waals surface area contributed by atoms with E-state index in [1.807, 2.05) is 6.07 Å². The molecular formula is C19H27N7O. The molecule has 2 aliphatic heterocycles. The average Bonchev–Trinajstić information content (AvgIpc) is 2.74. The third-order valence-electron chi connectivity index (χ3n) is 5.23. The van der Waals surface area contributed by atoms with E-state index in [0.717, 1.165) is 62.2 Å². The average molecular weight is 369 g/mol. The molecule has 0 radical (unpaired) electrons. The van der Waals surface area contributed by atoms with Crippen molar-refractivity contribution < 1.29 is 4.74 Å². The van der Waals surface area contributed by atoms with Crippen molar-refractivity contribution in [1.82, 2.24) is 19.9 Å². The topological polar surface area (TPSA) is 93.3 Å². The Bertz CT molecular complexity index is 761. The molecular weight excluding hydrogens is 342 g/mol. The van der Waals surface area contributed by atoms with Crippen molar-refractivity contribution >= 4 is 17.7 Å². The zero-order valence-corrected chi connectivity index (χ0v) is 15.8. The van der Waals surface area contributed by atoms with E-state index >= 15 is 0 Å². The molecule has 4 rings (SSSR count). The normalized spacial score (nSPS) is 20.7. The summed E-state index contributed by atoms with van der Waals surface area (Å²) >= 11 is 0. The molecule has 2 saturated heterocycles. The van der Waals surface area contributed by atoms with Gasteiger partial charge in [0.1, 0.15) is 5.82 Å². The van der Waals surface area contributed by atoms with Gasteiger partial charge >= 0.3 is 0 Å². The van der Waals surface area contributed by atoms with Crippen LogP contribution in [0.4, 0.5) is 17.7 Å². The van der Waals surface area contributed by atoms with Crippen LogP contribution in [0.5, 0.6) is 0 Å². The van der Waals surface area contributed by atoms with Crippen molar-refractivity contribution in [2.45, 2.75) is 38.7 Å². The molecule has 2 fully saturated rings. The number of morpholine rings is 1. The van der Waals surface area contributed by atoms with Crippen molar-refractivity contribution in [1.29, 1.82) is 0 Å². The number of hydrogen-bond acceptors (Lipinski definition) is 8. The van der Waals surface area contributed by atoms with Gasteiger partial charge in [-0.3, -0.25) is 0 Å². The third kappa shape index (κ3) is 4.10. The number of ether oxygens (including phenoxy) is 1. The van der Waals surface area contributed by atoms with Crippen LogP contribution in [-0.4, -0.2) is 58.8 Å². The van der Waals surface area contributed by atoms with E-state index in [9.17, 15) is 0 Å². The Morgan fingerprint density at radius 2 is 1.85 bits per heavy atom. The quantitative estimate of drug-likeness (QED) is 0.876. The van der Waals surface area contributed by atoms with Gasteiger partial charge in [0.2, 0.25) is 11.9 Å². The molecule has 0 amide bonds. The highest BCUT2D eigenvalue weighted by molar-refractivity contribution is 5.64. The first-order chi connectivity index (χ1) is 13.2. The summed E-state index contributed by atoms with van der Waals surface area (Å²) in [5, 5.41) is 0. The SMILES string of the molecule is CC[C@H]1CN(c2cc(-c3cnc(N)nc3)nc(N3CCCCC3)n2)CCO1. The second kappa shape index (κ2) is 8.04. The third-order valence-corrected chi connectivity index (χ3v) is 5.23. The number of aromatic nitrogens is 4. The van der Waals surface area contributed by atoms with E-state index in [1.165, 1.54) is 19.3 Å². The largest absolute Gasteiger partial charge is 0.375 e. The first-order valence-electron chi connectivity index (χ1n) is 9.81. The minimum atomic E-state index is 0.246. The van der Waals surface area contributed by atoms with Crippen LogP contribution in [0.2, 0.25) is 0 Å². The summed E-state index contributed by atoms with van der Waals surface area (Å²) in [6.45, 7) is 6.57. The highest BCUT2D eigenvalue weighted by atomic mass is 16.5. The maximum absolute atomic E-state index is 5.82. The Hall–Kier alpha value is -2.48. The van der Waals surface area contributed by atoms with Gasteiger partial charge in [-0.1, -0.05) is 6.92 Å². The van der Waals surface area contributed by atoms with Crippen molar-refractivity contribution in [2.75, 3.05) is 48.3 Å². The van der Waals surface area contributed by atoms with Gasteiger partial charge in [0.15, 0.2) is 0 Å². The molecule has 2 aliphatic rings. The van der Waals surface area contributed by atoms with E-state index in [-0.39, 0.29) is 12.1 Å². The predicted octanol–water partition coefficient (Wildman–Crippen LogP) is 2.12. The molecule has 1 atom stereocenters. The second-order valence-electron chi connectivity index (χ2n) is 7.14. The lowest BCUT2D eigenvalue weighted by atomic mass is 10.1. The first kappa shape index (κ1) is 17.9. The van der Waals surface area contributed by atoms with Gasteiger partial charge in [0.25, 0.3) is 0 Å². The molecule has 8 heteroatoms. The monoisotopic (exact) mass is 369 g/mol. The molecule has 2 aromatic heterocycles. The van der Waals surface area contributed by atoms with Crippen molar-refractivity contribution in [3.63, 3.8) is 0 Å². The highest BCUT2D eigenvalue weighted by Crippen LogP contribution is 2.27. The van der Waals surface area contributed by atoms with Crippen molar-refractivity contribution in [3.05, 3.63) is 18.5 Å². The van der Waals surface area contributed by atoms with Gasteiger partial charge < -0.3 is 20.3 Å². The summed E-state index contributed by atoms with van der Waals surface area (Å²) in [5.41, 5.74) is 7.33. The van der Waals surface area contributed by atoms with E-state index in [1.54, 1.807) is 12.4 Å². The molecule has 27 heavy (non-hydrogen) atoms. The van der Waals surface area contributed by atoms with Gasteiger partial charge in [0, 0.05) is 50.2 Å². The summed E-state index contributed by atoms with van der Waals surface area (Å²) in [5.74, 6) is 2.00. The zero-order valence-electron chi connectivity index (χ0n) is 15.8. The predicted molar refractivity (Wildman–Crippen MR) is 106 cm³/mol. The van der Waals surface area contributed by atoms with Gasteiger partial charge in [-0.15, -0.1) is 0 Å². The number of anilines is 3. The van der Waals surface area contributed by atoms with Crippen LogP contribution < -0.4 is 15.5 Å². The number of hydrogen-bond donors (Lipinski definition) is 1. The van der Waals surface area contributed by atoms with E-state index in [4.69, 9.17) is 20.4 Å². The van der Waals surface area contributed by atoms with Crippen LogP contribution in [0.3, 0.4) is 0 Å². The Labute approximate surface area is 159 Å². The number of nitrogen functional groups attached to an aromatic ring is 1. The Kier molecular flexibility index (Phi) is 5.33. The standard InChI is InChI=1S/C19H27N7O/c1-2-15-13-26(8-9-27-15)17-10-16(14-11-21-18(20)22-12-14)23-19(24-17)25-6-4-3-5-7-25/h10-12,15H,2-9,13H2,1H3,(H2,20,21,22)/t15-/m0/s1. The Morgan fingerprint density at radius 3 is 2.59 bits per heavy atom. The summed E-state index contributed by atoms with van der Waals surface area (Å²) in [4.78, 5) is 22.6. The second-order valence-corrected chi connectivity index (χ2v) is 7.14.